The molecule has 3 heterocycles. The number of nitrogens with one attached hydrogen (secondary N) is 1. The number of nitrogens with zero attached hydrogens (tertiary/aromatic N) is 3. The largest absolute Gasteiger partial charge is 0.454 e. The molecule has 1 aromatic heterocycles. The first-order chi connectivity index (χ1) is 16.7. The number of thiocarbonyl (C=S) groups is 1. The number of hydrogen-bond donors (Lipinski definition) is 1. The average molecular weight is 479 g/mol. The fraction of sp³-hybridized carbons (Fsp3) is 0.320. The SMILES string of the molecule is CCOCCCN1C(=S)NC(c2ccccc2)C(c2nc(-c3ccc4c(c3)OCO4)no2)=C1C. The van der Waals surface area contributed by atoms with Crippen molar-refractivity contribution in [2.24, 2.45) is 0 Å². The van der Waals surface area contributed by atoms with Gasteiger partial charge in [-0.3, -0.25) is 0 Å². The van der Waals surface area contributed by atoms with E-state index in [9.17, 15) is 0 Å². The minimum atomic E-state index is -0.207. The number of aromatic nitrogens is 2. The number of hydrogen-bond acceptors (Lipinski definition) is 7. The topological polar surface area (TPSA) is 81.9 Å². The lowest BCUT2D eigenvalue weighted by Crippen LogP contribution is -2.46. The maximum absolute atomic E-state index is 5.80. The summed E-state index contributed by atoms with van der Waals surface area (Å²) in [6.45, 7) is 6.36. The predicted molar refractivity (Wildman–Crippen MR) is 131 cm³/mol. The fourth-order valence-corrected chi connectivity index (χ4v) is 4.52. The van der Waals surface area contributed by atoms with Gasteiger partial charge < -0.3 is 29.0 Å². The van der Waals surface area contributed by atoms with Crippen LogP contribution in [-0.4, -0.2) is 46.7 Å². The van der Waals surface area contributed by atoms with Crippen molar-refractivity contribution in [1.82, 2.24) is 20.4 Å². The maximum Gasteiger partial charge on any atom is 0.258 e. The molecule has 1 unspecified atom stereocenters. The van der Waals surface area contributed by atoms with Crippen LogP contribution in [0, 0.1) is 0 Å². The molecule has 1 N–H and O–H groups in total. The molecule has 2 aliphatic rings. The maximum atomic E-state index is 5.80. The summed E-state index contributed by atoms with van der Waals surface area (Å²) in [7, 11) is 0. The van der Waals surface area contributed by atoms with E-state index in [0.717, 1.165) is 35.4 Å². The third-order valence-corrected chi connectivity index (χ3v) is 6.23. The van der Waals surface area contributed by atoms with Gasteiger partial charge in [0.15, 0.2) is 16.6 Å². The summed E-state index contributed by atoms with van der Waals surface area (Å²) < 4.78 is 22.2. The van der Waals surface area contributed by atoms with Gasteiger partial charge in [-0.25, -0.2) is 0 Å². The van der Waals surface area contributed by atoms with Crippen LogP contribution in [0.4, 0.5) is 0 Å². The van der Waals surface area contributed by atoms with E-state index in [1.54, 1.807) is 0 Å². The average Bonchev–Trinajstić information content (AvgIpc) is 3.53. The van der Waals surface area contributed by atoms with E-state index >= 15 is 0 Å². The lowest BCUT2D eigenvalue weighted by molar-refractivity contribution is 0.141. The van der Waals surface area contributed by atoms with Gasteiger partial charge in [0.2, 0.25) is 12.6 Å². The van der Waals surface area contributed by atoms with Crippen LogP contribution in [0.25, 0.3) is 17.0 Å². The fourth-order valence-electron chi connectivity index (χ4n) is 4.18. The van der Waals surface area contributed by atoms with Crippen LogP contribution in [0.3, 0.4) is 0 Å². The van der Waals surface area contributed by atoms with Gasteiger partial charge in [0.25, 0.3) is 5.89 Å². The van der Waals surface area contributed by atoms with E-state index in [4.69, 9.17) is 35.9 Å². The zero-order valence-electron chi connectivity index (χ0n) is 19.1. The Kier molecular flexibility index (Phi) is 6.46. The van der Waals surface area contributed by atoms with Crippen molar-refractivity contribution in [3.05, 3.63) is 65.7 Å². The normalized spacial score (nSPS) is 17.3. The first-order valence-electron chi connectivity index (χ1n) is 11.3. The number of rotatable bonds is 8. The lowest BCUT2D eigenvalue weighted by Gasteiger charge is -2.37. The Hall–Kier alpha value is -3.43. The van der Waals surface area contributed by atoms with Crippen LogP contribution in [0.1, 0.15) is 37.8 Å². The Morgan fingerprint density at radius 1 is 1.15 bits per heavy atom. The van der Waals surface area contributed by atoms with Crippen molar-refractivity contribution in [3.63, 3.8) is 0 Å². The highest BCUT2D eigenvalue weighted by atomic mass is 32.1. The van der Waals surface area contributed by atoms with Gasteiger partial charge in [-0.1, -0.05) is 35.5 Å². The second kappa shape index (κ2) is 9.82. The molecular formula is C25H26N4O4S. The van der Waals surface area contributed by atoms with E-state index in [1.165, 1.54) is 0 Å². The Morgan fingerprint density at radius 2 is 1.97 bits per heavy atom. The van der Waals surface area contributed by atoms with Crippen LogP contribution in [0.5, 0.6) is 11.5 Å². The number of ether oxygens (including phenoxy) is 3. The highest BCUT2D eigenvalue weighted by Gasteiger charge is 2.34. The van der Waals surface area contributed by atoms with Crippen molar-refractivity contribution < 1.29 is 18.7 Å². The van der Waals surface area contributed by atoms with E-state index in [2.05, 4.69) is 27.5 Å². The van der Waals surface area contributed by atoms with Crippen molar-refractivity contribution in [3.8, 4) is 22.9 Å². The molecule has 34 heavy (non-hydrogen) atoms. The van der Waals surface area contributed by atoms with Gasteiger partial charge in [-0.15, -0.1) is 0 Å². The molecule has 176 valence electrons. The molecule has 2 aliphatic heterocycles. The summed E-state index contributed by atoms with van der Waals surface area (Å²) in [5.41, 5.74) is 3.74. The summed E-state index contributed by atoms with van der Waals surface area (Å²) in [5.74, 6) is 2.31. The number of benzene rings is 2. The molecule has 3 aromatic rings. The molecule has 5 rings (SSSR count). The molecular weight excluding hydrogens is 452 g/mol. The number of allylic oxidation sites excluding steroid dienone is 1. The molecule has 0 aliphatic carbocycles. The lowest BCUT2D eigenvalue weighted by atomic mass is 9.95. The van der Waals surface area contributed by atoms with Crippen molar-refractivity contribution in [1.29, 1.82) is 0 Å². The second-order valence-electron chi connectivity index (χ2n) is 7.99. The van der Waals surface area contributed by atoms with E-state index in [1.807, 2.05) is 50.2 Å². The Balaban J connectivity index is 1.51. The third-order valence-electron chi connectivity index (χ3n) is 5.89. The van der Waals surface area contributed by atoms with Crippen molar-refractivity contribution in [2.75, 3.05) is 26.6 Å². The van der Waals surface area contributed by atoms with E-state index in [0.29, 0.717) is 41.5 Å². The molecule has 0 radical (unpaired) electrons. The van der Waals surface area contributed by atoms with E-state index < -0.39 is 0 Å². The van der Waals surface area contributed by atoms with Crippen LogP contribution in [-0.2, 0) is 4.74 Å². The molecule has 0 bridgehead atoms. The molecule has 0 fully saturated rings. The highest BCUT2D eigenvalue weighted by molar-refractivity contribution is 7.80. The Labute approximate surface area is 203 Å². The van der Waals surface area contributed by atoms with Crippen LogP contribution in [0.15, 0.2) is 58.8 Å². The molecule has 9 heteroatoms. The van der Waals surface area contributed by atoms with Crippen LogP contribution >= 0.6 is 12.2 Å². The van der Waals surface area contributed by atoms with Gasteiger partial charge in [-0.2, -0.15) is 4.98 Å². The highest BCUT2D eigenvalue weighted by Crippen LogP contribution is 2.39. The molecule has 8 nitrogen and oxygen atoms in total. The van der Waals surface area contributed by atoms with Gasteiger partial charge in [0.05, 0.1) is 11.6 Å². The number of fused-ring (bicyclic) bond motifs is 1. The molecule has 0 saturated carbocycles. The molecule has 0 spiro atoms. The first-order valence-corrected chi connectivity index (χ1v) is 11.7. The molecule has 0 amide bonds. The second-order valence-corrected chi connectivity index (χ2v) is 8.37. The van der Waals surface area contributed by atoms with Gasteiger partial charge in [0.1, 0.15) is 0 Å². The Morgan fingerprint density at radius 3 is 2.79 bits per heavy atom. The van der Waals surface area contributed by atoms with Gasteiger partial charge >= 0.3 is 0 Å². The summed E-state index contributed by atoms with van der Waals surface area (Å²) in [6.07, 6.45) is 0.850. The van der Waals surface area contributed by atoms with Crippen LogP contribution in [0.2, 0.25) is 0 Å². The van der Waals surface area contributed by atoms with Crippen LogP contribution < -0.4 is 14.8 Å². The first kappa shape index (κ1) is 22.4. The minimum absolute atomic E-state index is 0.207. The third kappa shape index (κ3) is 4.36. The van der Waals surface area contributed by atoms with Gasteiger partial charge in [0, 0.05) is 31.0 Å². The van der Waals surface area contributed by atoms with Crippen molar-refractivity contribution >= 4 is 22.9 Å². The zero-order chi connectivity index (χ0) is 23.5. The Bertz CT molecular complexity index is 1210. The van der Waals surface area contributed by atoms with E-state index in [-0.39, 0.29) is 12.8 Å². The summed E-state index contributed by atoms with van der Waals surface area (Å²) in [5, 5.41) is 8.41. The minimum Gasteiger partial charge on any atom is -0.454 e. The van der Waals surface area contributed by atoms with Gasteiger partial charge in [-0.05, 0) is 56.2 Å². The standard InChI is InChI=1S/C25H26N4O4S/c1-3-30-13-7-12-29-16(2)21(22(26-25(29)34)17-8-5-4-6-9-17)24-27-23(28-33-24)18-10-11-19-20(14-18)32-15-31-19/h4-6,8-11,14,22H,3,7,12-13,15H2,1-2H3,(H,26,34). The smallest absolute Gasteiger partial charge is 0.258 e. The molecule has 2 aromatic carbocycles. The monoisotopic (exact) mass is 478 g/mol. The predicted octanol–water partition coefficient (Wildman–Crippen LogP) is 4.55. The zero-order valence-corrected chi connectivity index (χ0v) is 19.9. The summed E-state index contributed by atoms with van der Waals surface area (Å²) in [6, 6.07) is 15.5. The molecule has 1 atom stereocenters. The molecule has 0 saturated heterocycles. The quantitative estimate of drug-likeness (QED) is 0.370. The summed E-state index contributed by atoms with van der Waals surface area (Å²) >= 11 is 5.74. The van der Waals surface area contributed by atoms with Crippen molar-refractivity contribution in [2.45, 2.75) is 26.3 Å². The summed E-state index contributed by atoms with van der Waals surface area (Å²) in [4.78, 5) is 6.84.